The quantitative estimate of drug-likeness (QED) is 0.0511. The van der Waals surface area contributed by atoms with Crippen LogP contribution in [0.2, 0.25) is 5.02 Å². The Labute approximate surface area is 463 Å². The summed E-state index contributed by atoms with van der Waals surface area (Å²) >= 11 is 7.80. The van der Waals surface area contributed by atoms with Crippen LogP contribution in [0.1, 0.15) is 69.3 Å². The molecule has 21 nitrogen and oxygen atoms in total. The molecular weight excluding hydrogens is 1040 g/mol. The summed E-state index contributed by atoms with van der Waals surface area (Å²) in [4.78, 5) is 92.4. The summed E-state index contributed by atoms with van der Waals surface area (Å²) in [5, 5.41) is 21.1. The van der Waals surface area contributed by atoms with Gasteiger partial charge in [-0.2, -0.15) is 0 Å². The van der Waals surface area contributed by atoms with Crippen molar-refractivity contribution in [3.63, 3.8) is 0 Å². The molecule has 78 heavy (non-hydrogen) atoms. The van der Waals surface area contributed by atoms with Gasteiger partial charge in [0, 0.05) is 76.5 Å². The van der Waals surface area contributed by atoms with Crippen molar-refractivity contribution < 1.29 is 43.3 Å². The Bertz CT molecular complexity index is 2810. The number of nitrogens with one attached hydrogen (secondary N) is 4. The Morgan fingerprint density at radius 1 is 0.885 bits per heavy atom. The van der Waals surface area contributed by atoms with Crippen molar-refractivity contribution in [2.24, 2.45) is 11.1 Å². The minimum Gasteiger partial charge on any atom is -0.391 e. The number of benzene rings is 2. The van der Waals surface area contributed by atoms with Crippen LogP contribution in [0.3, 0.4) is 0 Å². The van der Waals surface area contributed by atoms with Gasteiger partial charge in [0.15, 0.2) is 0 Å². The summed E-state index contributed by atoms with van der Waals surface area (Å²) in [5.41, 5.74) is 11.4. The van der Waals surface area contributed by atoms with E-state index in [9.17, 15) is 29.1 Å². The first-order valence-electron chi connectivity index (χ1n) is 26.6. The molecule has 0 aliphatic carbocycles. The number of aromatic nitrogens is 4. The fraction of sp³-hybridized carbons (Fsp3) is 0.527. The van der Waals surface area contributed by atoms with E-state index in [1.165, 1.54) is 11.2 Å². The van der Waals surface area contributed by atoms with Gasteiger partial charge >= 0.3 is 0 Å². The van der Waals surface area contributed by atoms with E-state index in [4.69, 9.17) is 31.5 Å². The van der Waals surface area contributed by atoms with Gasteiger partial charge in [-0.25, -0.2) is 15.0 Å². The van der Waals surface area contributed by atoms with Crippen LogP contribution >= 0.6 is 22.9 Å². The Kier molecular flexibility index (Phi) is 19.9. The van der Waals surface area contributed by atoms with Gasteiger partial charge in [-0.1, -0.05) is 68.8 Å². The number of fused-ring (bicyclic) bond motifs is 1. The summed E-state index contributed by atoms with van der Waals surface area (Å²) in [6.45, 7) is 12.1. The monoisotopic (exact) mass is 1110 g/mol. The van der Waals surface area contributed by atoms with Crippen molar-refractivity contribution in [2.75, 3.05) is 96.9 Å². The molecule has 23 heteroatoms. The molecule has 3 aliphatic rings. The fourth-order valence-corrected chi connectivity index (χ4v) is 11.0. The fourth-order valence-electron chi connectivity index (χ4n) is 10.0. The first kappa shape index (κ1) is 58.0. The third-order valence-corrected chi connectivity index (χ3v) is 15.9. The van der Waals surface area contributed by atoms with E-state index < -0.39 is 41.0 Å². The number of H-pyrrole nitrogens is 1. The second kappa shape index (κ2) is 26.7. The van der Waals surface area contributed by atoms with Gasteiger partial charge in [0.25, 0.3) is 0 Å². The molecule has 0 bridgehead atoms. The Morgan fingerprint density at radius 2 is 1.58 bits per heavy atom. The van der Waals surface area contributed by atoms with E-state index in [0.717, 1.165) is 44.1 Å². The number of β-amino-alcohol motifs (C(OH)–C–C–N with tert-alkyl or cyclic N) is 1. The van der Waals surface area contributed by atoms with E-state index in [-0.39, 0.29) is 82.9 Å². The number of carbonyl (C=O) groups is 5. The number of aryl methyl sites for hydroxylation is 1. The maximum Gasteiger partial charge on any atom is 0.248 e. The minimum absolute atomic E-state index is 0.0352. The Morgan fingerprint density at radius 3 is 2.26 bits per heavy atom. The number of nitrogens with two attached hydrogens (primary N) is 1. The van der Waals surface area contributed by atoms with Crippen molar-refractivity contribution in [3.8, 4) is 10.4 Å². The average molecular weight is 1110 g/mol. The number of piperazine rings is 1. The SMILES string of the molecule is Cc1ncsc1-c1ccc(CNC(=O)[C@@H]2C[C@@H](O)CN2C(=O)C(NC(=O)COCCOCCOCC(=O)N2CCN(CCC(NC(=O)C3(N)CCN(c4ncnc5[nH]ccc45)CC3)c3ccc(Cl)cc3)CC2)C(C)(C)C)cc1. The van der Waals surface area contributed by atoms with E-state index in [0.29, 0.717) is 70.1 Å². The van der Waals surface area contributed by atoms with Crippen molar-refractivity contribution in [2.45, 2.75) is 89.7 Å². The number of ether oxygens (including phenoxy) is 3. The highest BCUT2D eigenvalue weighted by molar-refractivity contribution is 7.13. The molecule has 4 atom stereocenters. The molecule has 6 heterocycles. The molecule has 7 N–H and O–H groups in total. The summed E-state index contributed by atoms with van der Waals surface area (Å²) in [5.74, 6) is -0.841. The number of aliphatic hydroxyl groups is 1. The molecule has 3 aliphatic heterocycles. The van der Waals surface area contributed by atoms with Gasteiger partial charge in [-0.05, 0) is 66.5 Å². The van der Waals surface area contributed by atoms with E-state index >= 15 is 0 Å². The van der Waals surface area contributed by atoms with Crippen LogP contribution in [0.4, 0.5) is 5.82 Å². The number of amides is 5. The maximum atomic E-state index is 14.0. The average Bonchev–Trinajstić information content (AvgIpc) is 4.20. The summed E-state index contributed by atoms with van der Waals surface area (Å²) < 4.78 is 16.8. The lowest BCUT2D eigenvalue weighted by molar-refractivity contribution is -0.144. The Balaban J connectivity index is 0.690. The molecule has 2 aromatic carbocycles. The van der Waals surface area contributed by atoms with Crippen molar-refractivity contribution in [3.05, 3.63) is 94.5 Å². The topological polar surface area (TPSA) is 263 Å². The molecule has 420 valence electrons. The number of hydrogen-bond donors (Lipinski definition) is 6. The molecule has 2 unspecified atom stereocenters. The highest BCUT2D eigenvalue weighted by atomic mass is 35.5. The highest BCUT2D eigenvalue weighted by Gasteiger charge is 2.45. The van der Waals surface area contributed by atoms with Gasteiger partial charge in [0.1, 0.15) is 43.1 Å². The van der Waals surface area contributed by atoms with Crippen LogP contribution in [0, 0.1) is 12.3 Å². The Hall–Kier alpha value is -6.11. The van der Waals surface area contributed by atoms with Gasteiger partial charge in [0.2, 0.25) is 29.5 Å². The second-order valence-electron chi connectivity index (χ2n) is 21.3. The van der Waals surface area contributed by atoms with Crippen molar-refractivity contribution in [1.82, 2.24) is 50.6 Å². The highest BCUT2D eigenvalue weighted by Crippen LogP contribution is 2.31. The van der Waals surface area contributed by atoms with Crippen LogP contribution in [-0.2, 0) is 44.7 Å². The largest absolute Gasteiger partial charge is 0.391 e. The lowest BCUT2D eigenvalue weighted by Gasteiger charge is -2.39. The number of thiazole rings is 1. The van der Waals surface area contributed by atoms with Crippen molar-refractivity contribution in [1.29, 1.82) is 0 Å². The number of nitrogens with zero attached hydrogens (tertiary/aromatic N) is 7. The molecule has 3 aromatic heterocycles. The number of carbonyl (C=O) groups excluding carboxylic acids is 5. The normalized spacial score (nSPS) is 18.7. The number of rotatable bonds is 23. The number of piperidine rings is 1. The van der Waals surface area contributed by atoms with Gasteiger partial charge < -0.3 is 60.7 Å². The van der Waals surface area contributed by atoms with Crippen LogP contribution in [0.25, 0.3) is 21.5 Å². The minimum atomic E-state index is -1.04. The van der Waals surface area contributed by atoms with Crippen molar-refractivity contribution >= 4 is 69.3 Å². The smallest absolute Gasteiger partial charge is 0.248 e. The molecule has 5 aromatic rings. The number of likely N-dealkylation sites (tertiary alicyclic amines) is 1. The van der Waals surface area contributed by atoms with Gasteiger partial charge in [-0.15, -0.1) is 11.3 Å². The van der Waals surface area contributed by atoms with E-state index in [1.807, 2.05) is 88.5 Å². The maximum absolute atomic E-state index is 14.0. The predicted molar refractivity (Wildman–Crippen MR) is 296 cm³/mol. The third-order valence-electron chi connectivity index (χ3n) is 14.7. The van der Waals surface area contributed by atoms with Gasteiger partial charge in [-0.3, -0.25) is 28.9 Å². The number of aliphatic hydroxyl groups excluding tert-OH is 1. The molecule has 0 saturated carbocycles. The molecule has 3 saturated heterocycles. The summed E-state index contributed by atoms with van der Waals surface area (Å²) in [6.07, 6.45) is 4.13. The third kappa shape index (κ3) is 15.2. The lowest BCUT2D eigenvalue weighted by Crippen LogP contribution is -2.60. The number of hydrogen-bond acceptors (Lipinski definition) is 16. The van der Waals surface area contributed by atoms with Crippen LogP contribution < -0.4 is 26.6 Å². The molecule has 0 radical (unpaired) electrons. The van der Waals surface area contributed by atoms with E-state index in [1.54, 1.807) is 21.7 Å². The number of halogens is 1. The number of aromatic amines is 1. The molecule has 0 spiro atoms. The van der Waals surface area contributed by atoms with E-state index in [2.05, 4.69) is 45.7 Å². The zero-order valence-electron chi connectivity index (χ0n) is 44.9. The standard InChI is InChI=1S/C55H73ClN12O9S/c1-36-47(78-35-62-36)39-7-5-37(6-8-39)30-59-51(72)44-29-41(69)31-68(44)52(73)48(54(2,3)4)64-45(70)32-76-27-25-75-26-28-77-33-46(71)66-23-21-65(22-24-66)18-14-43(38-9-11-40(56)12-10-38)63-53(74)55(57)15-19-67(20-16-55)50-42-13-17-58-49(42)60-34-61-50/h5-13,17,34-35,41,43-44,48,69H,14-16,18-33,57H2,1-4H3,(H,59,72)(H,63,74)(H,64,70)(H,58,60,61)/t41-,43?,44+,48?/m1/s1. The predicted octanol–water partition coefficient (Wildman–Crippen LogP) is 3.59. The lowest BCUT2D eigenvalue weighted by atomic mass is 9.85. The first-order valence-corrected chi connectivity index (χ1v) is 27.9. The zero-order valence-corrected chi connectivity index (χ0v) is 46.5. The molecule has 5 amide bonds. The number of anilines is 1. The van der Waals surface area contributed by atoms with Gasteiger partial charge in [0.05, 0.1) is 65.6 Å². The van der Waals surface area contributed by atoms with Crippen LogP contribution in [0.15, 0.2) is 72.6 Å². The summed E-state index contributed by atoms with van der Waals surface area (Å²) in [6, 6.07) is 15.1. The summed E-state index contributed by atoms with van der Waals surface area (Å²) in [7, 11) is 0. The second-order valence-corrected chi connectivity index (χ2v) is 22.6. The van der Waals surface area contributed by atoms with Crippen LogP contribution in [0.5, 0.6) is 0 Å². The van der Waals surface area contributed by atoms with Crippen LogP contribution in [-0.4, -0.2) is 185 Å². The molecule has 8 rings (SSSR count). The first-order chi connectivity index (χ1) is 37.5. The zero-order chi connectivity index (χ0) is 55.4. The molecule has 3 fully saturated rings. The molecular formula is C55H73ClN12O9S.